The Bertz CT molecular complexity index is 989. The van der Waals surface area contributed by atoms with E-state index in [4.69, 9.17) is 0 Å². The van der Waals surface area contributed by atoms with Gasteiger partial charge in [0, 0.05) is 31.2 Å². The van der Waals surface area contributed by atoms with Crippen molar-refractivity contribution < 1.29 is 9.53 Å². The number of nitrogens with one attached hydrogen (secondary N) is 1. The van der Waals surface area contributed by atoms with Crippen molar-refractivity contribution in [2.24, 2.45) is 0 Å². The molecule has 31 heavy (non-hydrogen) atoms. The van der Waals surface area contributed by atoms with Crippen LogP contribution in [-0.2, 0) is 17.6 Å². The number of aryl methyl sites for hydroxylation is 2. The molecule has 162 valence electrons. The van der Waals surface area contributed by atoms with E-state index in [0.717, 1.165) is 6.54 Å². The lowest BCUT2D eigenvalue weighted by atomic mass is 9.91. The van der Waals surface area contributed by atoms with Crippen LogP contribution in [0, 0.1) is 0 Å². The van der Waals surface area contributed by atoms with Crippen LogP contribution in [0.15, 0.2) is 67.0 Å². The predicted molar refractivity (Wildman–Crippen MR) is 127 cm³/mol. The zero-order valence-electron chi connectivity index (χ0n) is 18.6. The van der Waals surface area contributed by atoms with Crippen molar-refractivity contribution in [3.8, 4) is 0 Å². The van der Waals surface area contributed by atoms with Crippen LogP contribution in [-0.4, -0.2) is 31.7 Å². The van der Waals surface area contributed by atoms with Gasteiger partial charge < -0.3 is 15.0 Å². The average Bonchev–Trinajstić information content (AvgIpc) is 2.85. The number of ether oxygens (including phenoxy) is 1. The molecular formula is C26H31N3O2. The molecule has 0 bridgehead atoms. The quantitative estimate of drug-likeness (QED) is 0.545. The van der Waals surface area contributed by atoms with Gasteiger partial charge in [0.2, 0.25) is 0 Å². The number of benzene rings is 2. The second kappa shape index (κ2) is 11.2. The molecular weight excluding hydrogens is 386 g/mol. The van der Waals surface area contributed by atoms with Gasteiger partial charge in [0.05, 0.1) is 24.6 Å². The van der Waals surface area contributed by atoms with Gasteiger partial charge in [-0.15, -0.1) is 0 Å². The molecule has 5 heteroatoms. The first-order valence-electron chi connectivity index (χ1n) is 10.8. The molecule has 1 aliphatic carbocycles. The summed E-state index contributed by atoms with van der Waals surface area (Å²) >= 11 is 0. The molecule has 3 aromatic rings. The maximum Gasteiger partial charge on any atom is 0.340 e. The number of para-hydroxylation sites is 1. The van der Waals surface area contributed by atoms with Gasteiger partial charge in [-0.25, -0.2) is 4.79 Å². The van der Waals surface area contributed by atoms with Crippen molar-refractivity contribution in [3.05, 3.63) is 83.7 Å². The van der Waals surface area contributed by atoms with Crippen LogP contribution in [0.5, 0.6) is 0 Å². The summed E-state index contributed by atoms with van der Waals surface area (Å²) in [5.41, 5.74) is 6.88. The maximum absolute atomic E-state index is 11.1. The summed E-state index contributed by atoms with van der Waals surface area (Å²) in [5.74, 6) is -0.359. The van der Waals surface area contributed by atoms with E-state index < -0.39 is 0 Å². The second-order valence-electron chi connectivity index (χ2n) is 7.40. The Balaban J connectivity index is 0.000000196. The topological polar surface area (TPSA) is 54.5 Å². The summed E-state index contributed by atoms with van der Waals surface area (Å²) in [6, 6.07) is 19.3. The molecule has 5 nitrogen and oxygen atoms in total. The lowest BCUT2D eigenvalue weighted by Crippen LogP contribution is -2.16. The molecule has 1 aromatic heterocycles. The van der Waals surface area contributed by atoms with Crippen LogP contribution in [0.3, 0.4) is 0 Å². The maximum atomic E-state index is 11.1. The van der Waals surface area contributed by atoms with Crippen LogP contribution in [0.4, 0.5) is 17.1 Å². The highest BCUT2D eigenvalue weighted by molar-refractivity contribution is 5.95. The number of rotatable bonds is 5. The highest BCUT2D eigenvalue weighted by atomic mass is 16.5. The third-order valence-electron chi connectivity index (χ3n) is 5.52. The molecule has 0 atom stereocenters. The Hall–Kier alpha value is -3.34. The molecule has 0 unspecified atom stereocenters. The highest BCUT2D eigenvalue weighted by Gasteiger charge is 2.13. The summed E-state index contributed by atoms with van der Waals surface area (Å²) in [7, 11) is 3.08. The van der Waals surface area contributed by atoms with E-state index in [1.807, 2.05) is 0 Å². The zero-order chi connectivity index (χ0) is 22.1. The minimum Gasteiger partial charge on any atom is -0.465 e. The predicted octanol–water partition coefficient (Wildman–Crippen LogP) is 5.63. The van der Waals surface area contributed by atoms with Gasteiger partial charge in [-0.1, -0.05) is 24.3 Å². The average molecular weight is 418 g/mol. The second-order valence-corrected chi connectivity index (χ2v) is 7.40. The Labute approximate surface area is 185 Å². The molecule has 1 heterocycles. The number of pyridine rings is 1. The normalized spacial score (nSPS) is 12.1. The summed E-state index contributed by atoms with van der Waals surface area (Å²) in [4.78, 5) is 17.3. The van der Waals surface area contributed by atoms with Crippen molar-refractivity contribution >= 4 is 23.0 Å². The molecule has 0 spiro atoms. The summed E-state index contributed by atoms with van der Waals surface area (Å²) in [5, 5.41) is 2.85. The van der Waals surface area contributed by atoms with Crippen LogP contribution < -0.4 is 10.2 Å². The molecule has 0 radical (unpaired) electrons. The van der Waals surface area contributed by atoms with Crippen molar-refractivity contribution in [2.75, 3.05) is 30.9 Å². The van der Waals surface area contributed by atoms with Gasteiger partial charge in [0.15, 0.2) is 0 Å². The number of hydrogen-bond acceptors (Lipinski definition) is 5. The number of aromatic nitrogens is 1. The molecule has 4 rings (SSSR count). The first-order valence-corrected chi connectivity index (χ1v) is 10.8. The van der Waals surface area contributed by atoms with E-state index in [2.05, 4.69) is 75.4 Å². The number of hydrogen-bond donors (Lipinski definition) is 1. The summed E-state index contributed by atoms with van der Waals surface area (Å²) in [6.45, 7) is 3.22. The largest absolute Gasteiger partial charge is 0.465 e. The minimum absolute atomic E-state index is 0.359. The number of carbonyl (C=O) groups is 1. The first-order chi connectivity index (χ1) is 15.2. The van der Waals surface area contributed by atoms with Gasteiger partial charge in [0.1, 0.15) is 0 Å². The molecule has 2 aromatic carbocycles. The third kappa shape index (κ3) is 5.63. The zero-order valence-corrected chi connectivity index (χ0v) is 18.6. The molecule has 0 saturated carbocycles. The molecule has 0 amide bonds. The van der Waals surface area contributed by atoms with Crippen LogP contribution in [0.25, 0.3) is 0 Å². The van der Waals surface area contributed by atoms with Gasteiger partial charge in [-0.3, -0.25) is 4.98 Å². The van der Waals surface area contributed by atoms with Gasteiger partial charge in [-0.2, -0.15) is 0 Å². The minimum atomic E-state index is -0.359. The van der Waals surface area contributed by atoms with Crippen LogP contribution >= 0.6 is 0 Å². The van der Waals surface area contributed by atoms with Crippen molar-refractivity contribution in [3.63, 3.8) is 0 Å². The van der Waals surface area contributed by atoms with E-state index in [1.165, 1.54) is 44.2 Å². The molecule has 1 N–H and O–H groups in total. The van der Waals surface area contributed by atoms with E-state index in [1.54, 1.807) is 36.6 Å². The lowest BCUT2D eigenvalue weighted by molar-refractivity contribution is 0.0601. The monoisotopic (exact) mass is 417 g/mol. The number of carbonyl (C=O) groups excluding carboxylic acids is 1. The molecule has 1 aliphatic rings. The lowest BCUT2D eigenvalue weighted by Gasteiger charge is -2.25. The summed E-state index contributed by atoms with van der Waals surface area (Å²) < 4.78 is 4.57. The SMILES string of the molecule is CCN(c1ccccc1)c1ccc2c(c1)CCCC2.CNc1cnccc1C(=O)OC. The molecule has 0 aliphatic heterocycles. The Kier molecular flexibility index (Phi) is 8.05. The fourth-order valence-electron chi connectivity index (χ4n) is 3.89. The van der Waals surface area contributed by atoms with Crippen molar-refractivity contribution in [2.45, 2.75) is 32.6 Å². The highest BCUT2D eigenvalue weighted by Crippen LogP contribution is 2.30. The third-order valence-corrected chi connectivity index (χ3v) is 5.52. The van der Waals surface area contributed by atoms with Crippen molar-refractivity contribution in [1.29, 1.82) is 0 Å². The van der Waals surface area contributed by atoms with Crippen LogP contribution in [0.2, 0.25) is 0 Å². The van der Waals surface area contributed by atoms with Crippen LogP contribution in [0.1, 0.15) is 41.3 Å². The Morgan fingerprint density at radius 1 is 1.03 bits per heavy atom. The fourth-order valence-corrected chi connectivity index (χ4v) is 3.89. The first kappa shape index (κ1) is 22.3. The fraction of sp³-hybridized carbons (Fsp3) is 0.308. The molecule has 0 fully saturated rings. The van der Waals surface area contributed by atoms with Gasteiger partial charge in [0.25, 0.3) is 0 Å². The standard InChI is InChI=1S/C18H21N.C8H10N2O2/c1-2-19(17-10-4-3-5-11-17)18-13-12-15-8-6-7-9-16(15)14-18;1-9-7-5-10-4-3-6(7)8(11)12-2/h3-5,10-14H,2,6-9H2,1H3;3-5,9H,1-2H3. The summed E-state index contributed by atoms with van der Waals surface area (Å²) in [6.07, 6.45) is 8.32. The van der Waals surface area contributed by atoms with E-state index in [-0.39, 0.29) is 5.97 Å². The van der Waals surface area contributed by atoms with Gasteiger partial charge >= 0.3 is 5.97 Å². The van der Waals surface area contributed by atoms with Gasteiger partial charge in [-0.05, 0) is 74.1 Å². The number of anilines is 3. The molecule has 0 saturated heterocycles. The van der Waals surface area contributed by atoms with Crippen molar-refractivity contribution in [1.82, 2.24) is 4.98 Å². The number of methoxy groups -OCH3 is 1. The smallest absolute Gasteiger partial charge is 0.340 e. The Morgan fingerprint density at radius 3 is 2.45 bits per heavy atom. The number of nitrogens with zero attached hydrogens (tertiary/aromatic N) is 2. The van der Waals surface area contributed by atoms with E-state index in [0.29, 0.717) is 11.3 Å². The van der Waals surface area contributed by atoms with E-state index in [9.17, 15) is 4.79 Å². The van der Waals surface area contributed by atoms with E-state index >= 15 is 0 Å². The number of esters is 1. The number of fused-ring (bicyclic) bond motifs is 1. The Morgan fingerprint density at radius 2 is 1.77 bits per heavy atom.